The van der Waals surface area contributed by atoms with Crippen molar-refractivity contribution in [2.75, 3.05) is 13.7 Å². The van der Waals surface area contributed by atoms with Crippen molar-refractivity contribution in [1.29, 1.82) is 0 Å². The first kappa shape index (κ1) is 13.7. The van der Waals surface area contributed by atoms with Crippen LogP contribution >= 0.6 is 0 Å². The number of hydrogen-bond acceptors (Lipinski definition) is 4. The van der Waals surface area contributed by atoms with Gasteiger partial charge in [-0.15, -0.1) is 0 Å². The van der Waals surface area contributed by atoms with E-state index in [1.807, 2.05) is 0 Å². The summed E-state index contributed by atoms with van der Waals surface area (Å²) in [6.07, 6.45) is 4.87. The van der Waals surface area contributed by atoms with E-state index in [1.54, 1.807) is 32.2 Å². The second-order valence-corrected chi connectivity index (χ2v) is 4.61. The number of methoxy groups -OCH3 is 1. The summed E-state index contributed by atoms with van der Waals surface area (Å²) >= 11 is 0. The third-order valence-corrected chi connectivity index (χ3v) is 3.27. The summed E-state index contributed by atoms with van der Waals surface area (Å²) in [5, 5.41) is 0. The number of carbonyl (C=O) groups excluding carboxylic acids is 1. The highest BCUT2D eigenvalue weighted by Crippen LogP contribution is 2.32. The Balaban J connectivity index is 2.13. The third-order valence-electron chi connectivity index (χ3n) is 3.27. The first-order valence-electron chi connectivity index (χ1n) is 6.76. The Labute approximate surface area is 113 Å². The van der Waals surface area contributed by atoms with Crippen molar-refractivity contribution < 1.29 is 19.0 Å². The minimum absolute atomic E-state index is 0.266. The van der Waals surface area contributed by atoms with Crippen LogP contribution in [0.1, 0.15) is 43.0 Å². The van der Waals surface area contributed by atoms with Crippen LogP contribution in [-0.2, 0) is 4.74 Å². The van der Waals surface area contributed by atoms with Gasteiger partial charge in [-0.2, -0.15) is 0 Å². The fraction of sp³-hybridized carbons (Fsp3) is 0.533. The summed E-state index contributed by atoms with van der Waals surface area (Å²) in [5.74, 6) is 0.938. The van der Waals surface area contributed by atoms with E-state index in [4.69, 9.17) is 14.2 Å². The maximum absolute atomic E-state index is 11.7. The summed E-state index contributed by atoms with van der Waals surface area (Å²) in [6, 6.07) is 5.16. The van der Waals surface area contributed by atoms with Crippen LogP contribution in [0.25, 0.3) is 0 Å². The van der Waals surface area contributed by atoms with Gasteiger partial charge in [-0.3, -0.25) is 0 Å². The lowest BCUT2D eigenvalue weighted by Crippen LogP contribution is -2.12. The van der Waals surface area contributed by atoms with Gasteiger partial charge in [-0.1, -0.05) is 0 Å². The van der Waals surface area contributed by atoms with Crippen molar-refractivity contribution in [3.63, 3.8) is 0 Å². The second kappa shape index (κ2) is 6.45. The number of carbonyl (C=O) groups is 1. The van der Waals surface area contributed by atoms with Crippen LogP contribution in [0, 0.1) is 0 Å². The fourth-order valence-electron chi connectivity index (χ4n) is 2.29. The summed E-state index contributed by atoms with van der Waals surface area (Å²) < 4.78 is 16.2. The van der Waals surface area contributed by atoms with Crippen molar-refractivity contribution in [1.82, 2.24) is 0 Å². The molecular weight excluding hydrogens is 244 g/mol. The largest absolute Gasteiger partial charge is 0.493 e. The molecule has 1 aromatic carbocycles. The van der Waals surface area contributed by atoms with Crippen molar-refractivity contribution in [3.8, 4) is 11.5 Å². The standard InChI is InChI=1S/C15H20O4/c1-3-18-15(16)11-8-9-13(14(10-11)17-2)19-12-6-4-5-7-12/h8-10,12H,3-7H2,1-2H3. The Hall–Kier alpha value is -1.71. The molecule has 0 heterocycles. The minimum Gasteiger partial charge on any atom is -0.493 e. The molecule has 1 aliphatic carbocycles. The van der Waals surface area contributed by atoms with Gasteiger partial charge in [0, 0.05) is 0 Å². The number of ether oxygens (including phenoxy) is 3. The van der Waals surface area contributed by atoms with Crippen LogP contribution in [0.2, 0.25) is 0 Å². The molecule has 0 unspecified atom stereocenters. The predicted molar refractivity (Wildman–Crippen MR) is 71.8 cm³/mol. The Morgan fingerprint density at radius 1 is 1.26 bits per heavy atom. The van der Waals surface area contributed by atoms with E-state index in [0.29, 0.717) is 23.7 Å². The van der Waals surface area contributed by atoms with Crippen LogP contribution in [0.4, 0.5) is 0 Å². The maximum Gasteiger partial charge on any atom is 0.338 e. The molecule has 0 aliphatic heterocycles. The monoisotopic (exact) mass is 264 g/mol. The highest BCUT2D eigenvalue weighted by atomic mass is 16.5. The van der Waals surface area contributed by atoms with Gasteiger partial charge < -0.3 is 14.2 Å². The zero-order valence-electron chi connectivity index (χ0n) is 11.5. The van der Waals surface area contributed by atoms with Crippen molar-refractivity contribution in [2.24, 2.45) is 0 Å². The molecule has 1 aromatic rings. The molecule has 0 aromatic heterocycles. The number of benzene rings is 1. The molecule has 104 valence electrons. The van der Waals surface area contributed by atoms with Crippen molar-refractivity contribution >= 4 is 5.97 Å². The maximum atomic E-state index is 11.7. The van der Waals surface area contributed by atoms with Gasteiger partial charge in [0.05, 0.1) is 25.4 Å². The quantitative estimate of drug-likeness (QED) is 0.766. The first-order chi connectivity index (χ1) is 9.24. The summed E-state index contributed by atoms with van der Waals surface area (Å²) in [7, 11) is 1.58. The van der Waals surface area contributed by atoms with E-state index in [1.165, 1.54) is 12.8 Å². The average molecular weight is 264 g/mol. The molecule has 2 rings (SSSR count). The molecule has 1 fully saturated rings. The van der Waals surface area contributed by atoms with Crippen LogP contribution in [-0.4, -0.2) is 25.8 Å². The molecule has 0 spiro atoms. The average Bonchev–Trinajstić information content (AvgIpc) is 2.92. The van der Waals surface area contributed by atoms with E-state index in [9.17, 15) is 4.79 Å². The topological polar surface area (TPSA) is 44.8 Å². The Kier molecular flexibility index (Phi) is 4.66. The second-order valence-electron chi connectivity index (χ2n) is 4.61. The minimum atomic E-state index is -0.340. The van der Waals surface area contributed by atoms with Gasteiger partial charge >= 0.3 is 5.97 Å². The Morgan fingerprint density at radius 2 is 2.00 bits per heavy atom. The Morgan fingerprint density at radius 3 is 2.63 bits per heavy atom. The molecule has 0 saturated heterocycles. The lowest BCUT2D eigenvalue weighted by Gasteiger charge is -2.16. The fourth-order valence-corrected chi connectivity index (χ4v) is 2.29. The van der Waals surface area contributed by atoms with Crippen LogP contribution < -0.4 is 9.47 Å². The smallest absolute Gasteiger partial charge is 0.338 e. The SMILES string of the molecule is CCOC(=O)c1ccc(OC2CCCC2)c(OC)c1. The van der Waals surface area contributed by atoms with Gasteiger partial charge in [0.2, 0.25) is 0 Å². The van der Waals surface area contributed by atoms with E-state index in [-0.39, 0.29) is 12.1 Å². The summed E-state index contributed by atoms with van der Waals surface area (Å²) in [5.41, 5.74) is 0.484. The molecule has 0 amide bonds. The zero-order valence-corrected chi connectivity index (χ0v) is 11.5. The molecule has 0 atom stereocenters. The molecule has 0 radical (unpaired) electrons. The summed E-state index contributed by atoms with van der Waals surface area (Å²) in [4.78, 5) is 11.7. The first-order valence-corrected chi connectivity index (χ1v) is 6.76. The molecule has 1 aliphatic rings. The lowest BCUT2D eigenvalue weighted by molar-refractivity contribution is 0.0526. The van der Waals surface area contributed by atoms with Crippen molar-refractivity contribution in [3.05, 3.63) is 23.8 Å². The van der Waals surface area contributed by atoms with E-state index in [0.717, 1.165) is 12.8 Å². The van der Waals surface area contributed by atoms with Gasteiger partial charge in [-0.25, -0.2) is 4.79 Å². The molecule has 4 nitrogen and oxygen atoms in total. The molecule has 0 N–H and O–H groups in total. The molecule has 1 saturated carbocycles. The van der Waals surface area contributed by atoms with E-state index in [2.05, 4.69) is 0 Å². The van der Waals surface area contributed by atoms with Crippen LogP contribution in [0.3, 0.4) is 0 Å². The zero-order chi connectivity index (χ0) is 13.7. The molecule has 0 bridgehead atoms. The van der Waals surface area contributed by atoms with Crippen LogP contribution in [0.5, 0.6) is 11.5 Å². The molecule has 4 heteroatoms. The molecule has 19 heavy (non-hydrogen) atoms. The van der Waals surface area contributed by atoms with Gasteiger partial charge in [-0.05, 0) is 50.8 Å². The van der Waals surface area contributed by atoms with Crippen molar-refractivity contribution in [2.45, 2.75) is 38.7 Å². The summed E-state index contributed by atoms with van der Waals surface area (Å²) in [6.45, 7) is 2.15. The predicted octanol–water partition coefficient (Wildman–Crippen LogP) is 3.19. The third kappa shape index (κ3) is 3.40. The van der Waals surface area contributed by atoms with Gasteiger partial charge in [0.15, 0.2) is 11.5 Å². The Bertz CT molecular complexity index is 436. The number of esters is 1. The highest BCUT2D eigenvalue weighted by Gasteiger charge is 2.19. The highest BCUT2D eigenvalue weighted by molar-refractivity contribution is 5.90. The van der Waals surface area contributed by atoms with E-state index >= 15 is 0 Å². The number of hydrogen-bond donors (Lipinski definition) is 0. The van der Waals surface area contributed by atoms with Crippen LogP contribution in [0.15, 0.2) is 18.2 Å². The lowest BCUT2D eigenvalue weighted by atomic mass is 10.2. The van der Waals surface area contributed by atoms with E-state index < -0.39 is 0 Å². The number of rotatable bonds is 5. The molecular formula is C15H20O4. The van der Waals surface area contributed by atoms with Gasteiger partial charge in [0.1, 0.15) is 0 Å². The van der Waals surface area contributed by atoms with Gasteiger partial charge in [0.25, 0.3) is 0 Å². The normalized spacial score (nSPS) is 15.3.